The first-order valence-electron chi connectivity index (χ1n) is 9.13. The summed E-state index contributed by atoms with van der Waals surface area (Å²) in [6.07, 6.45) is 2.14. The highest BCUT2D eigenvalue weighted by Gasteiger charge is 2.42. The Hall–Kier alpha value is -1.67. The van der Waals surface area contributed by atoms with Crippen LogP contribution in [0.15, 0.2) is 11.6 Å². The number of allylic oxidation sites excluding steroid dienone is 2. The van der Waals surface area contributed by atoms with E-state index in [1.54, 1.807) is 19.9 Å². The third-order valence-electron chi connectivity index (χ3n) is 5.11. The molecular formula is C18H26O10P2. The van der Waals surface area contributed by atoms with Gasteiger partial charge in [-0.15, -0.1) is 0 Å². The van der Waals surface area contributed by atoms with Crippen LogP contribution in [0.5, 0.6) is 11.5 Å². The van der Waals surface area contributed by atoms with E-state index in [1.807, 2.05) is 0 Å². The molecular weight excluding hydrogens is 438 g/mol. The normalized spacial score (nSPS) is 14.8. The molecule has 5 N–H and O–H groups in total. The van der Waals surface area contributed by atoms with E-state index in [4.69, 9.17) is 29.0 Å². The molecule has 1 aliphatic heterocycles. The van der Waals surface area contributed by atoms with Crippen molar-refractivity contribution in [3.05, 3.63) is 33.9 Å². The van der Waals surface area contributed by atoms with Crippen LogP contribution in [0.1, 0.15) is 53.2 Å². The fraction of sp³-hybridized carbons (Fsp3) is 0.500. The van der Waals surface area contributed by atoms with Crippen molar-refractivity contribution < 1.29 is 48.1 Å². The van der Waals surface area contributed by atoms with E-state index in [0.29, 0.717) is 28.9 Å². The van der Waals surface area contributed by atoms with E-state index in [-0.39, 0.29) is 37.2 Å². The standard InChI is InChI=1S/C18H26O10P2/c1-10(5-4-6-14(29(21,22)23)30(24,25)26)7-8-12-16(19)15-13(9-28-18(15)20)11(2)17(12)27-3/h7,14,19H,4-6,8-9H2,1-3H3,(H2,21,22,23)(H2,24,25,26). The number of carbonyl (C=O) groups is 1. The fourth-order valence-corrected chi connectivity index (χ4v) is 6.11. The zero-order valence-electron chi connectivity index (χ0n) is 16.9. The zero-order valence-corrected chi connectivity index (χ0v) is 18.7. The van der Waals surface area contributed by atoms with Crippen LogP contribution in [0.4, 0.5) is 0 Å². The number of rotatable bonds is 9. The second kappa shape index (κ2) is 9.22. The minimum Gasteiger partial charge on any atom is -0.507 e. The van der Waals surface area contributed by atoms with Gasteiger partial charge in [-0.05, 0) is 45.1 Å². The highest BCUT2D eigenvalue weighted by Crippen LogP contribution is 2.61. The average Bonchev–Trinajstić information content (AvgIpc) is 3.00. The number of carbonyl (C=O) groups excluding carboxylic acids is 1. The molecule has 0 amide bonds. The Kier molecular flexibility index (Phi) is 7.56. The molecule has 0 aliphatic carbocycles. The number of benzene rings is 1. The molecule has 0 unspecified atom stereocenters. The number of phenols is 1. The number of cyclic esters (lactones) is 1. The lowest BCUT2D eigenvalue weighted by molar-refractivity contribution is 0.0532. The number of phenolic OH excluding ortho intramolecular Hbond substituents is 1. The first-order chi connectivity index (χ1) is 13.8. The van der Waals surface area contributed by atoms with Gasteiger partial charge >= 0.3 is 21.2 Å². The lowest BCUT2D eigenvalue weighted by Crippen LogP contribution is -2.09. The molecule has 0 saturated heterocycles. The molecule has 2 rings (SSSR count). The van der Waals surface area contributed by atoms with E-state index in [9.17, 15) is 19.0 Å². The fourth-order valence-electron chi connectivity index (χ4n) is 3.50. The van der Waals surface area contributed by atoms with Gasteiger partial charge in [0.25, 0.3) is 0 Å². The molecule has 0 atom stereocenters. The number of esters is 1. The van der Waals surface area contributed by atoms with Crippen molar-refractivity contribution >= 4 is 21.2 Å². The van der Waals surface area contributed by atoms with Crippen molar-refractivity contribution in [2.75, 3.05) is 7.11 Å². The molecule has 0 bridgehead atoms. The van der Waals surface area contributed by atoms with Crippen molar-refractivity contribution in [2.24, 2.45) is 0 Å². The highest BCUT2D eigenvalue weighted by atomic mass is 31.2. The van der Waals surface area contributed by atoms with Crippen molar-refractivity contribution in [3.8, 4) is 11.5 Å². The molecule has 12 heteroatoms. The molecule has 30 heavy (non-hydrogen) atoms. The summed E-state index contributed by atoms with van der Waals surface area (Å²) >= 11 is 0. The second-order valence-electron chi connectivity index (χ2n) is 7.22. The van der Waals surface area contributed by atoms with E-state index >= 15 is 0 Å². The Balaban J connectivity index is 2.15. The number of hydrogen-bond donors (Lipinski definition) is 5. The van der Waals surface area contributed by atoms with E-state index < -0.39 is 26.6 Å². The van der Waals surface area contributed by atoms with Crippen LogP contribution in [0, 0.1) is 6.92 Å². The quantitative estimate of drug-likeness (QED) is 0.208. The minimum absolute atomic E-state index is 0.0688. The summed E-state index contributed by atoms with van der Waals surface area (Å²) < 4.78 is 33.1. The molecule has 1 aromatic rings. The summed E-state index contributed by atoms with van der Waals surface area (Å²) in [6.45, 7) is 3.59. The Labute approximate surface area is 173 Å². The Morgan fingerprint density at radius 2 is 1.83 bits per heavy atom. The Morgan fingerprint density at radius 3 is 2.37 bits per heavy atom. The predicted octanol–water partition coefficient (Wildman–Crippen LogP) is 2.72. The van der Waals surface area contributed by atoms with Crippen molar-refractivity contribution in [2.45, 2.75) is 51.5 Å². The summed E-state index contributed by atoms with van der Waals surface area (Å²) in [7, 11) is -8.41. The highest BCUT2D eigenvalue weighted by molar-refractivity contribution is 7.70. The summed E-state index contributed by atoms with van der Waals surface area (Å²) in [5, 5.41) is 8.55. The van der Waals surface area contributed by atoms with Crippen molar-refractivity contribution in [3.63, 3.8) is 0 Å². The van der Waals surface area contributed by atoms with Crippen LogP contribution in [-0.2, 0) is 26.9 Å². The number of aromatic hydroxyl groups is 1. The first-order valence-corrected chi connectivity index (χ1v) is 12.5. The van der Waals surface area contributed by atoms with E-state index in [1.165, 1.54) is 7.11 Å². The van der Waals surface area contributed by atoms with Gasteiger partial charge in [-0.3, -0.25) is 9.13 Å². The lowest BCUT2D eigenvalue weighted by Gasteiger charge is -2.19. The van der Waals surface area contributed by atoms with Crippen LogP contribution >= 0.6 is 15.2 Å². The molecule has 168 valence electrons. The van der Waals surface area contributed by atoms with Gasteiger partial charge in [0.15, 0.2) is 5.40 Å². The zero-order chi connectivity index (χ0) is 22.9. The van der Waals surface area contributed by atoms with Crippen molar-refractivity contribution in [1.82, 2.24) is 0 Å². The number of hydrogen-bond acceptors (Lipinski definition) is 6. The van der Waals surface area contributed by atoms with Crippen LogP contribution in [0.25, 0.3) is 0 Å². The Bertz CT molecular complexity index is 934. The third-order valence-corrected chi connectivity index (χ3v) is 8.99. The first kappa shape index (κ1) is 24.6. The molecule has 1 aromatic carbocycles. The van der Waals surface area contributed by atoms with Crippen LogP contribution < -0.4 is 4.74 Å². The number of methoxy groups -OCH3 is 1. The number of fused-ring (bicyclic) bond motifs is 1. The lowest BCUT2D eigenvalue weighted by atomic mass is 9.94. The topological polar surface area (TPSA) is 171 Å². The van der Waals surface area contributed by atoms with Crippen LogP contribution in [0.3, 0.4) is 0 Å². The van der Waals surface area contributed by atoms with Gasteiger partial charge in [0.05, 0.1) is 7.11 Å². The molecule has 0 aromatic heterocycles. The SMILES string of the molecule is COc1c(C)c2c(c(O)c1CC=C(C)CCCC(P(=O)(O)O)P(=O)(O)O)C(=O)OC2. The number of ether oxygens (including phenoxy) is 2. The summed E-state index contributed by atoms with van der Waals surface area (Å²) in [6, 6.07) is 0. The molecule has 1 heterocycles. The van der Waals surface area contributed by atoms with Gasteiger partial charge in [0.2, 0.25) is 0 Å². The van der Waals surface area contributed by atoms with Crippen LogP contribution in [-0.4, -0.2) is 43.2 Å². The van der Waals surface area contributed by atoms with Gasteiger partial charge in [-0.25, -0.2) is 4.79 Å². The monoisotopic (exact) mass is 464 g/mol. The Morgan fingerprint density at radius 1 is 1.23 bits per heavy atom. The maximum atomic E-state index is 11.9. The molecule has 10 nitrogen and oxygen atoms in total. The molecule has 0 radical (unpaired) electrons. The minimum atomic E-state index is -4.93. The van der Waals surface area contributed by atoms with Gasteiger partial charge in [0, 0.05) is 11.1 Å². The van der Waals surface area contributed by atoms with Gasteiger partial charge in [-0.1, -0.05) is 11.6 Å². The summed E-state index contributed by atoms with van der Waals surface area (Å²) in [5.74, 6) is -0.366. The molecule has 0 saturated carbocycles. The maximum Gasteiger partial charge on any atom is 0.342 e. The van der Waals surface area contributed by atoms with Crippen LogP contribution in [0.2, 0.25) is 0 Å². The largest absolute Gasteiger partial charge is 0.507 e. The third kappa shape index (κ3) is 5.32. The smallest absolute Gasteiger partial charge is 0.342 e. The second-order valence-corrected chi connectivity index (χ2v) is 11.2. The van der Waals surface area contributed by atoms with Gasteiger partial charge in [-0.2, -0.15) is 0 Å². The van der Waals surface area contributed by atoms with Gasteiger partial charge < -0.3 is 34.2 Å². The summed E-state index contributed by atoms with van der Waals surface area (Å²) in [5.41, 5.74) is 2.60. The summed E-state index contributed by atoms with van der Waals surface area (Å²) in [4.78, 5) is 48.6. The molecule has 1 aliphatic rings. The van der Waals surface area contributed by atoms with Gasteiger partial charge in [0.1, 0.15) is 23.7 Å². The van der Waals surface area contributed by atoms with E-state index in [0.717, 1.165) is 5.57 Å². The maximum absolute atomic E-state index is 11.9. The van der Waals surface area contributed by atoms with E-state index in [2.05, 4.69) is 0 Å². The molecule has 0 fully saturated rings. The molecule has 0 spiro atoms. The van der Waals surface area contributed by atoms with Crippen molar-refractivity contribution in [1.29, 1.82) is 0 Å². The average molecular weight is 464 g/mol. The predicted molar refractivity (Wildman–Crippen MR) is 108 cm³/mol.